The third-order valence-corrected chi connectivity index (χ3v) is 7.50. The number of halogens is 1. The van der Waals surface area contributed by atoms with Gasteiger partial charge < -0.3 is 4.74 Å². The lowest BCUT2D eigenvalue weighted by molar-refractivity contribution is 0.0474. The van der Waals surface area contributed by atoms with Gasteiger partial charge in [-0.15, -0.1) is 0 Å². The topological polar surface area (TPSA) is 80.8 Å². The van der Waals surface area contributed by atoms with Crippen LogP contribution in [0.1, 0.15) is 46.9 Å². The molecular weight excluding hydrogens is 458 g/mol. The lowest BCUT2D eigenvalue weighted by Gasteiger charge is -2.32. The van der Waals surface area contributed by atoms with Crippen LogP contribution in [0.15, 0.2) is 57.9 Å². The van der Waals surface area contributed by atoms with E-state index in [0.717, 1.165) is 23.7 Å². The van der Waals surface area contributed by atoms with Gasteiger partial charge in [0.25, 0.3) is 0 Å². The Labute approximate surface area is 179 Å². The smallest absolute Gasteiger partial charge is 0.338 e. The second kappa shape index (κ2) is 9.19. The lowest BCUT2D eigenvalue weighted by Crippen LogP contribution is -2.41. The highest BCUT2D eigenvalue weighted by Crippen LogP contribution is 2.25. The number of ketones is 1. The first kappa shape index (κ1) is 21.7. The number of esters is 1. The van der Waals surface area contributed by atoms with E-state index in [1.807, 2.05) is 6.92 Å². The molecule has 1 atom stereocenters. The minimum absolute atomic E-state index is 0.0389. The summed E-state index contributed by atoms with van der Waals surface area (Å²) in [4.78, 5) is 24.5. The third-order valence-electron chi connectivity index (χ3n) is 4.94. The molecule has 0 aliphatic carbocycles. The van der Waals surface area contributed by atoms with Crippen molar-refractivity contribution in [2.24, 2.45) is 0 Å². The lowest BCUT2D eigenvalue weighted by atomic mass is 10.1. The molecule has 0 N–H and O–H groups in total. The number of carbonyl (C=O) groups is 2. The van der Waals surface area contributed by atoms with Crippen molar-refractivity contribution in [3.8, 4) is 0 Å². The molecule has 8 heteroatoms. The molecule has 1 aliphatic heterocycles. The van der Waals surface area contributed by atoms with Crippen LogP contribution in [-0.2, 0) is 14.8 Å². The Morgan fingerprint density at radius 3 is 2.28 bits per heavy atom. The summed E-state index contributed by atoms with van der Waals surface area (Å²) < 4.78 is 33.1. The molecule has 0 radical (unpaired) electrons. The van der Waals surface area contributed by atoms with Crippen LogP contribution in [0.3, 0.4) is 0 Å². The van der Waals surface area contributed by atoms with E-state index < -0.39 is 16.0 Å². The average Bonchev–Trinajstić information content (AvgIpc) is 2.72. The van der Waals surface area contributed by atoms with Gasteiger partial charge in [0.05, 0.1) is 10.5 Å². The van der Waals surface area contributed by atoms with Gasteiger partial charge in [0.1, 0.15) is 0 Å². The van der Waals surface area contributed by atoms with E-state index >= 15 is 0 Å². The van der Waals surface area contributed by atoms with Crippen molar-refractivity contribution in [1.29, 1.82) is 0 Å². The van der Waals surface area contributed by atoms with Crippen LogP contribution < -0.4 is 0 Å². The number of hydrogen-bond donors (Lipinski definition) is 0. The SMILES string of the molecule is C[C@H]1CCCCN1S(=O)(=O)c1ccc(C(=O)OCC(=O)c2ccc(Br)cc2)cc1. The van der Waals surface area contributed by atoms with Gasteiger partial charge in [0.2, 0.25) is 10.0 Å². The molecule has 3 rings (SSSR count). The maximum absolute atomic E-state index is 12.8. The summed E-state index contributed by atoms with van der Waals surface area (Å²) in [5.74, 6) is -0.991. The fourth-order valence-corrected chi connectivity index (χ4v) is 5.22. The Kier molecular flexibility index (Phi) is 6.87. The molecule has 1 heterocycles. The molecule has 0 spiro atoms. The zero-order chi connectivity index (χ0) is 21.0. The molecule has 0 unspecified atom stereocenters. The van der Waals surface area contributed by atoms with Crippen molar-refractivity contribution in [2.45, 2.75) is 37.1 Å². The summed E-state index contributed by atoms with van der Waals surface area (Å²) in [5.41, 5.74) is 0.636. The number of nitrogens with zero attached hydrogens (tertiary/aromatic N) is 1. The van der Waals surface area contributed by atoms with Crippen LogP contribution in [0.5, 0.6) is 0 Å². The first-order chi connectivity index (χ1) is 13.8. The van der Waals surface area contributed by atoms with Gasteiger partial charge in [-0.05, 0) is 56.2 Å². The fraction of sp³-hybridized carbons (Fsp3) is 0.333. The van der Waals surface area contributed by atoms with Crippen LogP contribution in [0.4, 0.5) is 0 Å². The molecule has 154 valence electrons. The molecule has 0 saturated carbocycles. The molecule has 0 bridgehead atoms. The van der Waals surface area contributed by atoms with Gasteiger partial charge in [-0.2, -0.15) is 4.31 Å². The van der Waals surface area contributed by atoms with Crippen molar-refractivity contribution in [3.05, 3.63) is 64.1 Å². The highest BCUT2D eigenvalue weighted by molar-refractivity contribution is 9.10. The zero-order valence-electron chi connectivity index (χ0n) is 16.0. The minimum Gasteiger partial charge on any atom is -0.454 e. The Morgan fingerprint density at radius 1 is 1.03 bits per heavy atom. The Hall–Kier alpha value is -2.03. The van der Waals surface area contributed by atoms with Crippen molar-refractivity contribution in [3.63, 3.8) is 0 Å². The number of sulfonamides is 1. The molecule has 0 amide bonds. The second-order valence-electron chi connectivity index (χ2n) is 6.99. The van der Waals surface area contributed by atoms with E-state index in [4.69, 9.17) is 4.74 Å². The van der Waals surface area contributed by atoms with E-state index in [1.165, 1.54) is 28.6 Å². The molecule has 1 saturated heterocycles. The van der Waals surface area contributed by atoms with Crippen LogP contribution in [0.25, 0.3) is 0 Å². The van der Waals surface area contributed by atoms with Crippen LogP contribution in [-0.4, -0.2) is 43.7 Å². The van der Waals surface area contributed by atoms with Crippen LogP contribution in [0, 0.1) is 0 Å². The third kappa shape index (κ3) is 5.12. The summed E-state index contributed by atoms with van der Waals surface area (Å²) in [6.07, 6.45) is 2.72. The van der Waals surface area contributed by atoms with Gasteiger partial charge in [0.15, 0.2) is 12.4 Å². The molecule has 1 aliphatic rings. The van der Waals surface area contributed by atoms with E-state index in [-0.39, 0.29) is 28.9 Å². The minimum atomic E-state index is -3.60. The van der Waals surface area contributed by atoms with Gasteiger partial charge in [-0.25, -0.2) is 13.2 Å². The number of piperidine rings is 1. The predicted octanol–water partition coefficient (Wildman–Crippen LogP) is 4.05. The van der Waals surface area contributed by atoms with Gasteiger partial charge in [0, 0.05) is 22.6 Å². The molecule has 29 heavy (non-hydrogen) atoms. The maximum Gasteiger partial charge on any atom is 0.338 e. The Bertz CT molecular complexity index is 987. The summed E-state index contributed by atoms with van der Waals surface area (Å²) in [7, 11) is -3.60. The standard InChI is InChI=1S/C21H22BrNO5S/c1-15-4-2-3-13-23(15)29(26,27)19-11-7-17(8-12-19)21(25)28-14-20(24)16-5-9-18(22)10-6-16/h5-12,15H,2-4,13-14H2,1H3/t15-/m0/s1. The normalized spacial score (nSPS) is 17.7. The number of benzene rings is 2. The van der Waals surface area contributed by atoms with E-state index in [9.17, 15) is 18.0 Å². The van der Waals surface area contributed by atoms with Crippen LogP contribution in [0.2, 0.25) is 0 Å². The molecule has 2 aromatic rings. The highest BCUT2D eigenvalue weighted by Gasteiger charge is 2.31. The van der Waals surface area contributed by atoms with Crippen molar-refractivity contribution in [2.75, 3.05) is 13.2 Å². The van der Waals surface area contributed by atoms with Gasteiger partial charge in [-0.3, -0.25) is 4.79 Å². The van der Waals surface area contributed by atoms with Crippen molar-refractivity contribution >= 4 is 37.7 Å². The van der Waals surface area contributed by atoms with E-state index in [2.05, 4.69) is 15.9 Å². The summed E-state index contributed by atoms with van der Waals surface area (Å²) in [5, 5.41) is 0. The van der Waals surface area contributed by atoms with Crippen LogP contribution >= 0.6 is 15.9 Å². The summed E-state index contributed by atoms with van der Waals surface area (Å²) in [6.45, 7) is 2.03. The van der Waals surface area contributed by atoms with Gasteiger partial charge >= 0.3 is 5.97 Å². The largest absolute Gasteiger partial charge is 0.454 e. The first-order valence-electron chi connectivity index (χ1n) is 9.37. The second-order valence-corrected chi connectivity index (χ2v) is 9.80. The first-order valence-corrected chi connectivity index (χ1v) is 11.6. The molecular formula is C21H22BrNO5S. The zero-order valence-corrected chi connectivity index (χ0v) is 18.4. The van der Waals surface area contributed by atoms with Crippen molar-refractivity contribution in [1.82, 2.24) is 4.31 Å². The number of carbonyl (C=O) groups excluding carboxylic acids is 2. The quantitative estimate of drug-likeness (QED) is 0.461. The van der Waals surface area contributed by atoms with E-state index in [0.29, 0.717) is 12.1 Å². The monoisotopic (exact) mass is 479 g/mol. The van der Waals surface area contributed by atoms with Crippen molar-refractivity contribution < 1.29 is 22.7 Å². The molecule has 2 aromatic carbocycles. The Balaban J connectivity index is 1.64. The average molecular weight is 480 g/mol. The molecule has 6 nitrogen and oxygen atoms in total. The maximum atomic E-state index is 12.8. The number of Topliss-reactive ketones (excluding diaryl/α,β-unsaturated/α-hetero) is 1. The fourth-order valence-electron chi connectivity index (χ4n) is 3.26. The highest BCUT2D eigenvalue weighted by atomic mass is 79.9. The number of rotatable bonds is 6. The summed E-state index contributed by atoms with van der Waals surface area (Å²) in [6, 6.07) is 12.3. The summed E-state index contributed by atoms with van der Waals surface area (Å²) >= 11 is 3.29. The predicted molar refractivity (Wildman–Crippen MR) is 112 cm³/mol. The molecule has 0 aromatic heterocycles. The van der Waals surface area contributed by atoms with E-state index in [1.54, 1.807) is 24.3 Å². The molecule has 1 fully saturated rings. The van der Waals surface area contributed by atoms with Gasteiger partial charge in [-0.1, -0.05) is 34.5 Å². The number of hydrogen-bond acceptors (Lipinski definition) is 5. The Morgan fingerprint density at radius 2 is 1.66 bits per heavy atom. The number of ether oxygens (including phenoxy) is 1.